The number of halogens is 1. The Balaban J connectivity index is 1.28. The fourth-order valence-corrected chi connectivity index (χ4v) is 8.25. The Hall–Kier alpha value is -2.78. The second kappa shape index (κ2) is 16.4. The van der Waals surface area contributed by atoms with Crippen LogP contribution in [0.25, 0.3) is 11.0 Å². The zero-order valence-electron chi connectivity index (χ0n) is 27.7. The number of carbonyl (C=O) groups excluding carboxylic acids is 3. The number of likely N-dealkylation sites (tertiary alicyclic amines) is 1. The van der Waals surface area contributed by atoms with E-state index in [0.717, 1.165) is 81.6 Å². The van der Waals surface area contributed by atoms with Crippen LogP contribution in [0.2, 0.25) is 0 Å². The third-order valence-corrected chi connectivity index (χ3v) is 11.0. The molecule has 3 fully saturated rings. The summed E-state index contributed by atoms with van der Waals surface area (Å²) in [6.45, 7) is 2.57. The smallest absolute Gasteiger partial charge is 0.374 e. The minimum atomic E-state index is -0.534. The van der Waals surface area contributed by atoms with Crippen molar-refractivity contribution < 1.29 is 32.7 Å². The van der Waals surface area contributed by atoms with E-state index in [1.165, 1.54) is 0 Å². The van der Waals surface area contributed by atoms with Crippen molar-refractivity contribution >= 4 is 28.6 Å². The standard InChI is InChI=1S/C37H53FN2O6/c1-3-4-5-6-19-45-37(43)34-22-28-20-24(7-16-33(28)46-34)21-32(41)35-30(25-12-14-29(44-2)15-13-25)17-18-40(35)36(42)27-10-8-26(9-11-27)31(39)23-38/h7,16,20,22,25-27,29-31,35H,3-6,8-15,17-19,21,23,39H2,1-2H3/t25?,26?,27?,29?,30-,31+,35-/m0/s1. The molecule has 254 valence electrons. The van der Waals surface area contributed by atoms with E-state index in [1.807, 2.05) is 17.0 Å². The molecule has 0 radical (unpaired) electrons. The fraction of sp³-hybridized carbons (Fsp3) is 0.703. The highest BCUT2D eigenvalue weighted by Gasteiger charge is 2.47. The lowest BCUT2D eigenvalue weighted by Gasteiger charge is -2.37. The zero-order chi connectivity index (χ0) is 32.6. The van der Waals surface area contributed by atoms with Crippen LogP contribution in [0.4, 0.5) is 4.39 Å². The molecular weight excluding hydrogens is 587 g/mol. The summed E-state index contributed by atoms with van der Waals surface area (Å²) in [5.74, 6) is 0.292. The molecule has 1 aromatic carbocycles. The average molecular weight is 641 g/mol. The number of ether oxygens (including phenoxy) is 2. The molecule has 2 aromatic rings. The number of alkyl halides is 1. The first-order valence-electron chi connectivity index (χ1n) is 17.7. The van der Waals surface area contributed by atoms with Gasteiger partial charge in [0.25, 0.3) is 0 Å². The van der Waals surface area contributed by atoms with E-state index in [-0.39, 0.29) is 47.7 Å². The van der Waals surface area contributed by atoms with E-state index in [2.05, 4.69) is 6.92 Å². The third-order valence-electron chi connectivity index (χ3n) is 11.0. The van der Waals surface area contributed by atoms with Crippen LogP contribution in [-0.4, -0.2) is 67.7 Å². The van der Waals surface area contributed by atoms with Gasteiger partial charge in [0.2, 0.25) is 11.7 Å². The number of Topliss-reactive ketones (excluding diaryl/α,β-unsaturated/α-hetero) is 1. The van der Waals surface area contributed by atoms with Crippen LogP contribution in [0.3, 0.4) is 0 Å². The molecule has 1 saturated heterocycles. The van der Waals surface area contributed by atoms with Crippen molar-refractivity contribution in [1.29, 1.82) is 0 Å². The minimum Gasteiger partial charge on any atom is -0.460 e. The van der Waals surface area contributed by atoms with Gasteiger partial charge in [-0.1, -0.05) is 32.3 Å². The average Bonchev–Trinajstić information content (AvgIpc) is 3.72. The number of carbonyl (C=O) groups is 3. The van der Waals surface area contributed by atoms with Crippen molar-refractivity contribution in [2.75, 3.05) is 26.9 Å². The van der Waals surface area contributed by atoms with Gasteiger partial charge in [-0.25, -0.2) is 9.18 Å². The number of nitrogens with zero attached hydrogens (tertiary/aromatic N) is 1. The van der Waals surface area contributed by atoms with Crippen LogP contribution < -0.4 is 5.73 Å². The Labute approximate surface area is 272 Å². The number of unbranched alkanes of at least 4 members (excludes halogenated alkanes) is 3. The van der Waals surface area contributed by atoms with Crippen LogP contribution in [0.15, 0.2) is 28.7 Å². The van der Waals surface area contributed by atoms with Gasteiger partial charge in [0.1, 0.15) is 12.3 Å². The van der Waals surface area contributed by atoms with Crippen LogP contribution >= 0.6 is 0 Å². The Morgan fingerprint density at radius 2 is 1.76 bits per heavy atom. The van der Waals surface area contributed by atoms with Gasteiger partial charge in [-0.15, -0.1) is 0 Å². The molecular formula is C37H53FN2O6. The monoisotopic (exact) mass is 640 g/mol. The molecule has 46 heavy (non-hydrogen) atoms. The van der Waals surface area contributed by atoms with Crippen molar-refractivity contribution in [2.24, 2.45) is 29.4 Å². The van der Waals surface area contributed by atoms with Crippen molar-refractivity contribution in [3.8, 4) is 0 Å². The highest BCUT2D eigenvalue weighted by molar-refractivity contribution is 5.94. The number of hydrogen-bond donors (Lipinski definition) is 1. The summed E-state index contributed by atoms with van der Waals surface area (Å²) < 4.78 is 30.0. The highest BCUT2D eigenvalue weighted by atomic mass is 19.1. The van der Waals surface area contributed by atoms with E-state index in [9.17, 15) is 18.8 Å². The van der Waals surface area contributed by atoms with Crippen LogP contribution in [-0.2, 0) is 25.5 Å². The molecule has 3 aliphatic rings. The largest absolute Gasteiger partial charge is 0.460 e. The Morgan fingerprint density at radius 1 is 1.00 bits per heavy atom. The summed E-state index contributed by atoms with van der Waals surface area (Å²) in [5.41, 5.74) is 7.38. The molecule has 2 heterocycles. The maximum Gasteiger partial charge on any atom is 0.374 e. The molecule has 2 aliphatic carbocycles. The van der Waals surface area contributed by atoms with Gasteiger partial charge in [-0.05, 0) is 106 Å². The second-order valence-corrected chi connectivity index (χ2v) is 14.0. The van der Waals surface area contributed by atoms with Gasteiger partial charge in [0.05, 0.1) is 18.8 Å². The van der Waals surface area contributed by atoms with Gasteiger partial charge in [0.15, 0.2) is 5.78 Å². The van der Waals surface area contributed by atoms with E-state index >= 15 is 0 Å². The van der Waals surface area contributed by atoms with Gasteiger partial charge in [0, 0.05) is 37.4 Å². The maximum absolute atomic E-state index is 14.2. The van der Waals surface area contributed by atoms with Gasteiger partial charge in [-0.2, -0.15) is 0 Å². The van der Waals surface area contributed by atoms with E-state index < -0.39 is 24.7 Å². The SMILES string of the molecule is CCCCCCOC(=O)c1cc2cc(CC(=O)[C@@H]3[C@H](C4CCC(OC)CC4)CCN3C(=O)C3CCC([C@H](N)CF)CC3)ccc2o1. The van der Waals surface area contributed by atoms with Crippen LogP contribution in [0, 0.1) is 23.7 Å². The number of hydrogen-bond acceptors (Lipinski definition) is 7. The fourth-order valence-electron chi connectivity index (χ4n) is 8.25. The van der Waals surface area contributed by atoms with E-state index in [4.69, 9.17) is 19.6 Å². The third kappa shape index (κ3) is 8.19. The number of benzene rings is 1. The number of nitrogens with two attached hydrogens (primary N) is 1. The number of fused-ring (bicyclic) bond motifs is 1. The molecule has 8 nitrogen and oxygen atoms in total. The van der Waals surface area contributed by atoms with Crippen molar-refractivity contribution in [2.45, 2.75) is 115 Å². The molecule has 0 unspecified atom stereocenters. The lowest BCUT2D eigenvalue weighted by Crippen LogP contribution is -2.48. The number of methoxy groups -OCH3 is 1. The van der Waals surface area contributed by atoms with Crippen molar-refractivity contribution in [3.05, 3.63) is 35.6 Å². The molecule has 0 bridgehead atoms. The maximum atomic E-state index is 14.2. The van der Waals surface area contributed by atoms with E-state index in [1.54, 1.807) is 19.2 Å². The normalized spacial score (nSPS) is 27.5. The highest BCUT2D eigenvalue weighted by Crippen LogP contribution is 2.42. The summed E-state index contributed by atoms with van der Waals surface area (Å²) >= 11 is 0. The first-order chi connectivity index (χ1) is 22.3. The first-order valence-corrected chi connectivity index (χ1v) is 17.7. The van der Waals surface area contributed by atoms with Crippen LogP contribution in [0.1, 0.15) is 107 Å². The summed E-state index contributed by atoms with van der Waals surface area (Å²) in [7, 11) is 1.76. The Kier molecular flexibility index (Phi) is 12.3. The number of rotatable bonds is 14. The van der Waals surface area contributed by atoms with E-state index in [0.29, 0.717) is 37.5 Å². The lowest BCUT2D eigenvalue weighted by molar-refractivity contribution is -0.143. The molecule has 3 atom stereocenters. The predicted molar refractivity (Wildman–Crippen MR) is 175 cm³/mol. The summed E-state index contributed by atoms with van der Waals surface area (Å²) in [6, 6.07) is 6.35. The molecule has 1 aliphatic heterocycles. The predicted octanol–water partition coefficient (Wildman–Crippen LogP) is 6.81. The molecule has 0 spiro atoms. The number of ketones is 1. The Morgan fingerprint density at radius 3 is 2.46 bits per heavy atom. The Bertz CT molecular complexity index is 1310. The van der Waals surface area contributed by atoms with Crippen LogP contribution in [0.5, 0.6) is 0 Å². The molecule has 9 heteroatoms. The van der Waals surface area contributed by atoms with Gasteiger partial charge in [-0.3, -0.25) is 9.59 Å². The second-order valence-electron chi connectivity index (χ2n) is 14.0. The number of amides is 1. The van der Waals surface area contributed by atoms with Gasteiger partial charge >= 0.3 is 5.97 Å². The zero-order valence-corrected chi connectivity index (χ0v) is 27.7. The number of esters is 1. The summed E-state index contributed by atoms with van der Waals surface area (Å²) in [5, 5.41) is 0.750. The molecule has 1 amide bonds. The van der Waals surface area contributed by atoms with Crippen molar-refractivity contribution in [1.82, 2.24) is 4.90 Å². The van der Waals surface area contributed by atoms with Crippen molar-refractivity contribution in [3.63, 3.8) is 0 Å². The molecule has 1 aromatic heterocycles. The van der Waals surface area contributed by atoms with Gasteiger partial charge < -0.3 is 24.5 Å². The molecule has 5 rings (SSSR count). The minimum absolute atomic E-state index is 0.0624. The summed E-state index contributed by atoms with van der Waals surface area (Å²) in [4.78, 5) is 42.7. The quantitative estimate of drug-likeness (QED) is 0.178. The number of furan rings is 1. The molecule has 2 saturated carbocycles. The summed E-state index contributed by atoms with van der Waals surface area (Å²) in [6.07, 6.45) is 12.2. The lowest BCUT2D eigenvalue weighted by atomic mass is 9.74. The topological polar surface area (TPSA) is 112 Å². The first kappa shape index (κ1) is 34.6. The molecule has 2 N–H and O–H groups in total.